The third-order valence-electron chi connectivity index (χ3n) is 2.29. The predicted octanol–water partition coefficient (Wildman–Crippen LogP) is 1.31. The molecule has 0 saturated carbocycles. The van der Waals surface area contributed by atoms with Gasteiger partial charge in [0.25, 0.3) is 0 Å². The lowest BCUT2D eigenvalue weighted by atomic mass is 10.1. The minimum atomic E-state index is -0.725. The number of anilines is 1. The quantitative estimate of drug-likeness (QED) is 0.792. The molecule has 2 N–H and O–H groups in total. The second-order valence-corrected chi connectivity index (χ2v) is 3.50. The van der Waals surface area contributed by atoms with Gasteiger partial charge in [-0.15, -0.1) is 0 Å². The zero-order valence-corrected chi connectivity index (χ0v) is 8.94. The van der Waals surface area contributed by atoms with Crippen molar-refractivity contribution < 1.29 is 14.6 Å². The zero-order valence-electron chi connectivity index (χ0n) is 8.94. The number of aliphatic hydroxyl groups is 2. The van der Waals surface area contributed by atoms with Crippen LogP contribution in [-0.2, 0) is 0 Å². The van der Waals surface area contributed by atoms with Crippen LogP contribution >= 0.6 is 0 Å². The fourth-order valence-corrected chi connectivity index (χ4v) is 1.53. The van der Waals surface area contributed by atoms with E-state index in [4.69, 9.17) is 5.11 Å². The number of aliphatic hydroxyl groups excluding tert-OH is 2. The minimum absolute atomic E-state index is 0.0515. The maximum atomic E-state index is 13.5. The van der Waals surface area contributed by atoms with Gasteiger partial charge in [0, 0.05) is 19.2 Å². The van der Waals surface area contributed by atoms with Crippen molar-refractivity contribution in [1.82, 2.24) is 0 Å². The molecule has 1 aromatic carbocycles. The van der Waals surface area contributed by atoms with Crippen molar-refractivity contribution >= 4 is 5.69 Å². The van der Waals surface area contributed by atoms with Gasteiger partial charge in [0.1, 0.15) is 5.82 Å². The molecule has 0 bridgehead atoms. The van der Waals surface area contributed by atoms with E-state index in [1.165, 1.54) is 6.07 Å². The summed E-state index contributed by atoms with van der Waals surface area (Å²) in [5.74, 6) is -0.385. The summed E-state index contributed by atoms with van der Waals surface area (Å²) in [5.41, 5.74) is 0.882. The molecule has 0 fully saturated rings. The number of likely N-dealkylation sites (N-methyl/N-ethyl adjacent to an activating group) is 1. The van der Waals surface area contributed by atoms with E-state index in [1.54, 1.807) is 31.0 Å². The lowest BCUT2D eigenvalue weighted by Gasteiger charge is -2.23. The van der Waals surface area contributed by atoms with E-state index in [9.17, 15) is 9.50 Å². The van der Waals surface area contributed by atoms with Gasteiger partial charge in [-0.25, -0.2) is 4.39 Å². The van der Waals surface area contributed by atoms with Crippen LogP contribution in [0, 0.1) is 5.82 Å². The molecule has 1 atom stereocenters. The van der Waals surface area contributed by atoms with Gasteiger partial charge < -0.3 is 15.1 Å². The van der Waals surface area contributed by atoms with Crippen LogP contribution in [0.5, 0.6) is 0 Å². The van der Waals surface area contributed by atoms with E-state index in [2.05, 4.69) is 0 Å². The van der Waals surface area contributed by atoms with Crippen LogP contribution in [0.25, 0.3) is 0 Å². The summed E-state index contributed by atoms with van der Waals surface area (Å²) in [6, 6.07) is 4.58. The normalized spacial score (nSPS) is 12.6. The predicted molar refractivity (Wildman–Crippen MR) is 57.4 cm³/mol. The first-order valence-corrected chi connectivity index (χ1v) is 4.86. The number of hydrogen-bond acceptors (Lipinski definition) is 3. The average Bonchev–Trinajstić information content (AvgIpc) is 2.17. The molecule has 3 nitrogen and oxygen atoms in total. The Kier molecular flexibility index (Phi) is 4.05. The summed E-state index contributed by atoms with van der Waals surface area (Å²) in [4.78, 5) is 1.59. The number of benzene rings is 1. The lowest BCUT2D eigenvalue weighted by Crippen LogP contribution is -2.24. The molecule has 0 aliphatic heterocycles. The standard InChI is InChI=1S/C11H16FNO2/c1-8(15)9-4-3-5-10(12)11(9)13(2)6-7-14/h3-5,8,14-15H,6-7H2,1-2H3/t8-/m1/s1. The molecule has 84 valence electrons. The maximum Gasteiger partial charge on any atom is 0.146 e. The number of rotatable bonds is 4. The first kappa shape index (κ1) is 11.9. The van der Waals surface area contributed by atoms with Crippen LogP contribution in [0.15, 0.2) is 18.2 Å². The Balaban J connectivity index is 3.12. The van der Waals surface area contributed by atoms with Crippen LogP contribution in [0.3, 0.4) is 0 Å². The molecule has 0 aliphatic rings. The highest BCUT2D eigenvalue weighted by atomic mass is 19.1. The first-order valence-electron chi connectivity index (χ1n) is 4.86. The fraction of sp³-hybridized carbons (Fsp3) is 0.455. The Bertz CT molecular complexity index is 328. The Morgan fingerprint density at radius 1 is 1.47 bits per heavy atom. The molecule has 0 radical (unpaired) electrons. The van der Waals surface area contributed by atoms with Gasteiger partial charge in [-0.3, -0.25) is 0 Å². The number of halogens is 1. The van der Waals surface area contributed by atoms with E-state index >= 15 is 0 Å². The molecule has 0 aliphatic carbocycles. The summed E-state index contributed by atoms with van der Waals surface area (Å²) in [6.45, 7) is 1.87. The Morgan fingerprint density at radius 3 is 2.67 bits per heavy atom. The monoisotopic (exact) mass is 213 g/mol. The van der Waals surface area contributed by atoms with Crippen molar-refractivity contribution in [2.24, 2.45) is 0 Å². The van der Waals surface area contributed by atoms with Crippen molar-refractivity contribution in [3.05, 3.63) is 29.6 Å². The van der Waals surface area contributed by atoms with Gasteiger partial charge in [-0.2, -0.15) is 0 Å². The molecule has 1 rings (SSSR count). The second kappa shape index (κ2) is 5.09. The van der Waals surface area contributed by atoms with Crippen LogP contribution in [0.4, 0.5) is 10.1 Å². The van der Waals surface area contributed by atoms with Crippen molar-refractivity contribution in [3.63, 3.8) is 0 Å². The molecule has 0 unspecified atom stereocenters. The van der Waals surface area contributed by atoms with Crippen molar-refractivity contribution in [3.8, 4) is 0 Å². The van der Waals surface area contributed by atoms with Crippen LogP contribution < -0.4 is 4.90 Å². The lowest BCUT2D eigenvalue weighted by molar-refractivity contribution is 0.199. The first-order chi connectivity index (χ1) is 7.07. The topological polar surface area (TPSA) is 43.7 Å². The average molecular weight is 213 g/mol. The van der Waals surface area contributed by atoms with E-state index in [0.717, 1.165) is 0 Å². The number of nitrogens with zero attached hydrogens (tertiary/aromatic N) is 1. The van der Waals surface area contributed by atoms with E-state index in [1.807, 2.05) is 0 Å². The van der Waals surface area contributed by atoms with Crippen molar-refractivity contribution in [2.45, 2.75) is 13.0 Å². The van der Waals surface area contributed by atoms with Gasteiger partial charge in [0.2, 0.25) is 0 Å². The zero-order chi connectivity index (χ0) is 11.4. The molecule has 0 spiro atoms. The Hall–Kier alpha value is -1.13. The smallest absolute Gasteiger partial charge is 0.146 e. The maximum absolute atomic E-state index is 13.5. The fourth-order valence-electron chi connectivity index (χ4n) is 1.53. The molecular formula is C11H16FNO2. The van der Waals surface area contributed by atoms with Crippen LogP contribution in [0.1, 0.15) is 18.6 Å². The summed E-state index contributed by atoms with van der Waals surface area (Å²) in [5, 5.41) is 18.3. The highest BCUT2D eigenvalue weighted by molar-refractivity contribution is 5.55. The van der Waals surface area contributed by atoms with Crippen molar-refractivity contribution in [1.29, 1.82) is 0 Å². The molecule has 0 aromatic heterocycles. The number of para-hydroxylation sites is 1. The second-order valence-electron chi connectivity index (χ2n) is 3.50. The van der Waals surface area contributed by atoms with Gasteiger partial charge in [-0.05, 0) is 13.0 Å². The number of hydrogen-bond donors (Lipinski definition) is 2. The molecule has 15 heavy (non-hydrogen) atoms. The minimum Gasteiger partial charge on any atom is -0.395 e. The van der Waals surface area contributed by atoms with Crippen LogP contribution in [0.2, 0.25) is 0 Å². The molecule has 1 aromatic rings. The highest BCUT2D eigenvalue weighted by Gasteiger charge is 2.15. The molecule has 0 heterocycles. The summed E-state index contributed by atoms with van der Waals surface area (Å²) in [7, 11) is 1.68. The van der Waals surface area contributed by atoms with Gasteiger partial charge in [-0.1, -0.05) is 12.1 Å². The van der Waals surface area contributed by atoms with E-state index in [0.29, 0.717) is 17.8 Å². The molecular weight excluding hydrogens is 197 g/mol. The SMILES string of the molecule is C[C@@H](O)c1cccc(F)c1N(C)CCO. The van der Waals surface area contributed by atoms with Gasteiger partial charge >= 0.3 is 0 Å². The molecule has 4 heteroatoms. The highest BCUT2D eigenvalue weighted by Crippen LogP contribution is 2.28. The van der Waals surface area contributed by atoms with Crippen molar-refractivity contribution in [2.75, 3.05) is 25.1 Å². The third kappa shape index (κ3) is 2.67. The van der Waals surface area contributed by atoms with Gasteiger partial charge in [0.05, 0.1) is 18.4 Å². The van der Waals surface area contributed by atoms with Gasteiger partial charge in [0.15, 0.2) is 0 Å². The molecule has 0 saturated heterocycles. The third-order valence-corrected chi connectivity index (χ3v) is 2.29. The summed E-state index contributed by atoms with van der Waals surface area (Å²) < 4.78 is 13.5. The molecule has 0 amide bonds. The van der Waals surface area contributed by atoms with Crippen LogP contribution in [-0.4, -0.2) is 30.4 Å². The Labute approximate surface area is 88.8 Å². The largest absolute Gasteiger partial charge is 0.395 e. The van der Waals surface area contributed by atoms with E-state index in [-0.39, 0.29) is 12.4 Å². The summed E-state index contributed by atoms with van der Waals surface area (Å²) >= 11 is 0. The van der Waals surface area contributed by atoms with E-state index < -0.39 is 6.10 Å². The Morgan fingerprint density at radius 2 is 2.13 bits per heavy atom. The summed E-state index contributed by atoms with van der Waals surface area (Å²) in [6.07, 6.45) is -0.725.